The summed E-state index contributed by atoms with van der Waals surface area (Å²) >= 11 is 0. The molecule has 1 N–H and O–H groups in total. The van der Waals surface area contributed by atoms with E-state index in [0.717, 1.165) is 24.1 Å². The molecule has 142 valence electrons. The Hall–Kier alpha value is -3.12. The van der Waals surface area contributed by atoms with Crippen LogP contribution in [0, 0.1) is 0 Å². The molecule has 0 radical (unpaired) electrons. The van der Waals surface area contributed by atoms with Crippen molar-refractivity contribution >= 4 is 27.3 Å². The van der Waals surface area contributed by atoms with Gasteiger partial charge in [-0.2, -0.15) is 0 Å². The van der Waals surface area contributed by atoms with Gasteiger partial charge in [0, 0.05) is 12.2 Å². The fourth-order valence-electron chi connectivity index (χ4n) is 3.45. The first kappa shape index (κ1) is 18.3. The lowest BCUT2D eigenvalue weighted by atomic mass is 10.0. The molecule has 3 aromatic carbocycles. The second kappa shape index (κ2) is 7.48. The van der Waals surface area contributed by atoms with Gasteiger partial charge in [0.25, 0.3) is 15.9 Å². The molecule has 0 fully saturated rings. The summed E-state index contributed by atoms with van der Waals surface area (Å²) in [7, 11) is -3.78. The average Bonchev–Trinajstić information content (AvgIpc) is 2.73. The first-order valence-electron chi connectivity index (χ1n) is 9.13. The van der Waals surface area contributed by atoms with Gasteiger partial charge in [0.2, 0.25) is 0 Å². The number of anilines is 2. The summed E-state index contributed by atoms with van der Waals surface area (Å²) in [6.07, 6.45) is 1.81. The highest BCUT2D eigenvalue weighted by Gasteiger charge is 2.26. The molecule has 0 saturated heterocycles. The van der Waals surface area contributed by atoms with Crippen molar-refractivity contribution in [1.29, 1.82) is 0 Å². The standard InChI is InChI=1S/C22H20N2O3S/c25-22(24-16-8-10-17-9-4-7-15-21(17)24)19-13-5-6-14-20(19)23-28(26,27)18-11-2-1-3-12-18/h1-7,9,11-15,23H,8,10,16H2. The molecule has 1 amide bonds. The predicted molar refractivity (Wildman–Crippen MR) is 110 cm³/mol. The summed E-state index contributed by atoms with van der Waals surface area (Å²) in [5, 5.41) is 0. The number of carbonyl (C=O) groups is 1. The van der Waals surface area contributed by atoms with Crippen molar-refractivity contribution in [2.24, 2.45) is 0 Å². The fraction of sp³-hybridized carbons (Fsp3) is 0.136. The summed E-state index contributed by atoms with van der Waals surface area (Å²) in [6, 6.07) is 22.7. The number of nitrogens with zero attached hydrogens (tertiary/aromatic N) is 1. The van der Waals surface area contributed by atoms with Crippen LogP contribution in [-0.4, -0.2) is 20.9 Å². The maximum absolute atomic E-state index is 13.3. The first-order valence-corrected chi connectivity index (χ1v) is 10.6. The lowest BCUT2D eigenvalue weighted by molar-refractivity contribution is 0.0986. The molecule has 28 heavy (non-hydrogen) atoms. The van der Waals surface area contributed by atoms with Crippen LogP contribution in [0.1, 0.15) is 22.3 Å². The van der Waals surface area contributed by atoms with Crippen molar-refractivity contribution in [3.05, 3.63) is 90.0 Å². The Morgan fingerprint density at radius 2 is 1.54 bits per heavy atom. The smallest absolute Gasteiger partial charge is 0.261 e. The molecular formula is C22H20N2O3S. The van der Waals surface area contributed by atoms with E-state index in [1.807, 2.05) is 24.3 Å². The summed E-state index contributed by atoms with van der Waals surface area (Å²) in [4.78, 5) is 15.2. The third-order valence-corrected chi connectivity index (χ3v) is 6.19. The molecule has 1 heterocycles. The number of aryl methyl sites for hydroxylation is 1. The first-order chi connectivity index (χ1) is 13.6. The number of hydrogen-bond acceptors (Lipinski definition) is 3. The van der Waals surface area contributed by atoms with Crippen molar-refractivity contribution < 1.29 is 13.2 Å². The number of hydrogen-bond donors (Lipinski definition) is 1. The Kier molecular flexibility index (Phi) is 4.88. The van der Waals surface area contributed by atoms with Crippen LogP contribution in [0.3, 0.4) is 0 Å². The quantitative estimate of drug-likeness (QED) is 0.727. The van der Waals surface area contributed by atoms with Crippen LogP contribution < -0.4 is 9.62 Å². The van der Waals surface area contributed by atoms with Crippen molar-refractivity contribution in [3.8, 4) is 0 Å². The van der Waals surface area contributed by atoms with Gasteiger partial charge >= 0.3 is 0 Å². The maximum Gasteiger partial charge on any atom is 0.261 e. The Balaban J connectivity index is 1.69. The SMILES string of the molecule is O=C(c1ccccc1NS(=O)(=O)c1ccccc1)N1CCCc2ccccc21. The lowest BCUT2D eigenvalue weighted by Crippen LogP contribution is -2.36. The molecule has 1 aliphatic rings. The Morgan fingerprint density at radius 3 is 2.36 bits per heavy atom. The number of sulfonamides is 1. The molecule has 0 atom stereocenters. The molecule has 0 aromatic heterocycles. The Bertz CT molecular complexity index is 1110. The highest BCUT2D eigenvalue weighted by Crippen LogP contribution is 2.30. The number of amides is 1. The lowest BCUT2D eigenvalue weighted by Gasteiger charge is -2.30. The van der Waals surface area contributed by atoms with Gasteiger partial charge in [-0.1, -0.05) is 48.5 Å². The van der Waals surface area contributed by atoms with Gasteiger partial charge in [-0.25, -0.2) is 8.42 Å². The minimum absolute atomic E-state index is 0.153. The van der Waals surface area contributed by atoms with Crippen LogP contribution in [0.2, 0.25) is 0 Å². The van der Waals surface area contributed by atoms with Crippen molar-refractivity contribution in [2.75, 3.05) is 16.2 Å². The molecule has 0 bridgehead atoms. The number of carbonyl (C=O) groups excluding carboxylic acids is 1. The molecule has 4 rings (SSSR count). The number of rotatable bonds is 4. The van der Waals surface area contributed by atoms with Crippen molar-refractivity contribution in [3.63, 3.8) is 0 Å². The second-order valence-electron chi connectivity index (χ2n) is 6.65. The van der Waals surface area contributed by atoms with E-state index in [-0.39, 0.29) is 16.5 Å². The zero-order valence-corrected chi connectivity index (χ0v) is 16.0. The average molecular weight is 392 g/mol. The fourth-order valence-corrected chi connectivity index (χ4v) is 4.55. The molecule has 0 aliphatic carbocycles. The minimum atomic E-state index is -3.78. The van der Waals surface area contributed by atoms with Gasteiger partial charge in [-0.05, 0) is 48.7 Å². The largest absolute Gasteiger partial charge is 0.308 e. The molecule has 3 aromatic rings. The van der Waals surface area contributed by atoms with Gasteiger partial charge in [-0.15, -0.1) is 0 Å². The van der Waals surface area contributed by atoms with E-state index in [0.29, 0.717) is 12.1 Å². The molecule has 5 nitrogen and oxygen atoms in total. The summed E-state index contributed by atoms with van der Waals surface area (Å²) < 4.78 is 28.0. The second-order valence-corrected chi connectivity index (χ2v) is 8.34. The highest BCUT2D eigenvalue weighted by molar-refractivity contribution is 7.92. The summed E-state index contributed by atoms with van der Waals surface area (Å²) in [5.41, 5.74) is 2.63. The molecular weight excluding hydrogens is 372 g/mol. The van der Waals surface area contributed by atoms with Crippen LogP contribution in [0.15, 0.2) is 83.8 Å². The van der Waals surface area contributed by atoms with E-state index in [2.05, 4.69) is 4.72 Å². The third-order valence-electron chi connectivity index (χ3n) is 4.81. The zero-order valence-electron chi connectivity index (χ0n) is 15.2. The van der Waals surface area contributed by atoms with E-state index in [4.69, 9.17) is 0 Å². The summed E-state index contributed by atoms with van der Waals surface area (Å²) in [6.45, 7) is 0.607. The highest BCUT2D eigenvalue weighted by atomic mass is 32.2. The normalized spacial score (nSPS) is 13.6. The minimum Gasteiger partial charge on any atom is -0.308 e. The maximum atomic E-state index is 13.3. The number of nitrogens with one attached hydrogen (secondary N) is 1. The number of benzene rings is 3. The van der Waals surface area contributed by atoms with E-state index in [1.54, 1.807) is 47.4 Å². The van der Waals surface area contributed by atoms with Crippen LogP contribution in [0.4, 0.5) is 11.4 Å². The molecule has 0 spiro atoms. The third kappa shape index (κ3) is 3.51. The van der Waals surface area contributed by atoms with Gasteiger partial charge in [0.1, 0.15) is 0 Å². The Labute approximate surface area is 164 Å². The molecule has 0 saturated carbocycles. The van der Waals surface area contributed by atoms with Gasteiger partial charge in [0.15, 0.2) is 0 Å². The van der Waals surface area contributed by atoms with Crippen LogP contribution >= 0.6 is 0 Å². The summed E-state index contributed by atoms with van der Waals surface area (Å²) in [5.74, 6) is -0.210. The Morgan fingerprint density at radius 1 is 0.857 bits per heavy atom. The monoisotopic (exact) mass is 392 g/mol. The van der Waals surface area contributed by atoms with E-state index < -0.39 is 10.0 Å². The van der Waals surface area contributed by atoms with Crippen molar-refractivity contribution in [2.45, 2.75) is 17.7 Å². The van der Waals surface area contributed by atoms with Crippen LogP contribution in [-0.2, 0) is 16.4 Å². The van der Waals surface area contributed by atoms with E-state index in [1.165, 1.54) is 12.1 Å². The zero-order chi connectivity index (χ0) is 19.6. The van der Waals surface area contributed by atoms with Crippen molar-refractivity contribution in [1.82, 2.24) is 0 Å². The van der Waals surface area contributed by atoms with Gasteiger partial charge < -0.3 is 4.90 Å². The number of para-hydroxylation sites is 2. The molecule has 1 aliphatic heterocycles. The molecule has 6 heteroatoms. The van der Waals surface area contributed by atoms with Crippen LogP contribution in [0.5, 0.6) is 0 Å². The van der Waals surface area contributed by atoms with E-state index >= 15 is 0 Å². The van der Waals surface area contributed by atoms with Gasteiger partial charge in [-0.3, -0.25) is 9.52 Å². The van der Waals surface area contributed by atoms with E-state index in [9.17, 15) is 13.2 Å². The van der Waals surface area contributed by atoms with Crippen LogP contribution in [0.25, 0.3) is 0 Å². The topological polar surface area (TPSA) is 66.5 Å². The van der Waals surface area contributed by atoms with Gasteiger partial charge in [0.05, 0.1) is 16.1 Å². The number of fused-ring (bicyclic) bond motifs is 1. The predicted octanol–water partition coefficient (Wildman–Crippen LogP) is 4.08. The molecule has 0 unspecified atom stereocenters.